The third kappa shape index (κ3) is 6.92. The fraction of sp³-hybridized carbons (Fsp3) is 0.172. The van der Waals surface area contributed by atoms with Crippen LogP contribution in [0.3, 0.4) is 0 Å². The summed E-state index contributed by atoms with van der Waals surface area (Å²) in [5, 5.41) is 17.0. The fourth-order valence-corrected chi connectivity index (χ4v) is 4.15. The summed E-state index contributed by atoms with van der Waals surface area (Å²) in [6.07, 6.45) is 6.17. The molecule has 1 amide bonds. The minimum atomic E-state index is -0.235. The highest BCUT2D eigenvalue weighted by Gasteiger charge is 2.24. The lowest BCUT2D eigenvalue weighted by Gasteiger charge is -2.23. The van der Waals surface area contributed by atoms with Gasteiger partial charge in [-0.25, -0.2) is 4.99 Å². The molecule has 3 aromatic rings. The zero-order valence-electron chi connectivity index (χ0n) is 20.4. The molecule has 0 aliphatic carbocycles. The first-order chi connectivity index (χ1) is 18.1. The van der Waals surface area contributed by atoms with Crippen molar-refractivity contribution in [2.75, 3.05) is 24.5 Å². The van der Waals surface area contributed by atoms with Gasteiger partial charge in [-0.05, 0) is 73.3 Å². The highest BCUT2D eigenvalue weighted by atomic mass is 35.5. The minimum absolute atomic E-state index is 0.235. The SMILES string of the molecule is N=CCCN(CCC=N)c1ccc(/C=C2\CN(NC(=O)c3ccc(Cl)cc3)C(c3ccccc3)=N2)cc1. The minimum Gasteiger partial charge on any atom is -0.371 e. The number of hydrazine groups is 1. The Morgan fingerprint density at radius 1 is 0.946 bits per heavy atom. The van der Waals surface area contributed by atoms with Crippen LogP contribution in [0.25, 0.3) is 6.08 Å². The molecule has 0 saturated heterocycles. The lowest BCUT2D eigenvalue weighted by atomic mass is 10.1. The molecule has 8 heteroatoms. The summed E-state index contributed by atoms with van der Waals surface area (Å²) in [5.74, 6) is 0.441. The van der Waals surface area contributed by atoms with Gasteiger partial charge in [-0.15, -0.1) is 0 Å². The molecule has 3 aromatic carbocycles. The smallest absolute Gasteiger partial charge is 0.269 e. The number of rotatable bonds is 11. The van der Waals surface area contributed by atoms with Gasteiger partial charge in [0.15, 0.2) is 5.84 Å². The molecule has 0 spiro atoms. The number of aliphatic imine (C=N–C) groups is 1. The van der Waals surface area contributed by atoms with E-state index in [9.17, 15) is 4.79 Å². The van der Waals surface area contributed by atoms with Crippen molar-refractivity contribution in [3.05, 3.63) is 106 Å². The van der Waals surface area contributed by atoms with E-state index < -0.39 is 0 Å². The maximum Gasteiger partial charge on any atom is 0.269 e. The van der Waals surface area contributed by atoms with Gasteiger partial charge in [-0.3, -0.25) is 15.2 Å². The summed E-state index contributed by atoms with van der Waals surface area (Å²) in [4.78, 5) is 19.9. The van der Waals surface area contributed by atoms with Crippen molar-refractivity contribution in [2.24, 2.45) is 4.99 Å². The highest BCUT2D eigenvalue weighted by molar-refractivity contribution is 6.30. The van der Waals surface area contributed by atoms with Crippen LogP contribution >= 0.6 is 11.6 Å². The monoisotopic (exact) mass is 512 g/mol. The van der Waals surface area contributed by atoms with Crippen LogP contribution in [0.1, 0.15) is 34.3 Å². The van der Waals surface area contributed by atoms with Crippen molar-refractivity contribution >= 4 is 47.5 Å². The summed E-state index contributed by atoms with van der Waals surface area (Å²) in [7, 11) is 0. The Morgan fingerprint density at radius 2 is 1.59 bits per heavy atom. The topological polar surface area (TPSA) is 95.6 Å². The van der Waals surface area contributed by atoms with Gasteiger partial charge in [-0.1, -0.05) is 54.1 Å². The van der Waals surface area contributed by atoms with E-state index in [0.29, 0.717) is 35.8 Å². The number of halogens is 1. The average Bonchev–Trinajstić information content (AvgIpc) is 3.32. The van der Waals surface area contributed by atoms with Gasteiger partial charge in [-0.2, -0.15) is 0 Å². The molecule has 0 atom stereocenters. The molecule has 3 N–H and O–H groups in total. The first-order valence-corrected chi connectivity index (χ1v) is 12.5. The van der Waals surface area contributed by atoms with Gasteiger partial charge >= 0.3 is 0 Å². The third-order valence-electron chi connectivity index (χ3n) is 5.88. The molecule has 1 aliphatic rings. The third-order valence-corrected chi connectivity index (χ3v) is 6.13. The fourth-order valence-electron chi connectivity index (χ4n) is 4.02. The molecule has 4 rings (SSSR count). The van der Waals surface area contributed by atoms with Crippen LogP contribution < -0.4 is 10.3 Å². The van der Waals surface area contributed by atoms with Gasteiger partial charge in [0.1, 0.15) is 0 Å². The van der Waals surface area contributed by atoms with Gasteiger partial charge in [0.2, 0.25) is 0 Å². The molecule has 1 heterocycles. The maximum absolute atomic E-state index is 12.9. The number of benzene rings is 3. The van der Waals surface area contributed by atoms with E-state index in [1.54, 1.807) is 29.3 Å². The normalized spacial score (nSPS) is 13.8. The van der Waals surface area contributed by atoms with Gasteiger partial charge < -0.3 is 15.7 Å². The van der Waals surface area contributed by atoms with Crippen LogP contribution in [0, 0.1) is 10.8 Å². The second-order valence-corrected chi connectivity index (χ2v) is 8.97. The Hall–Kier alpha value is -4.23. The summed E-state index contributed by atoms with van der Waals surface area (Å²) in [6, 6.07) is 24.7. The number of amides is 1. The first kappa shape index (κ1) is 25.9. The Labute approximate surface area is 222 Å². The largest absolute Gasteiger partial charge is 0.371 e. The second-order valence-electron chi connectivity index (χ2n) is 8.54. The molecule has 0 unspecified atom stereocenters. The first-order valence-electron chi connectivity index (χ1n) is 12.1. The van der Waals surface area contributed by atoms with Crippen LogP contribution in [0.5, 0.6) is 0 Å². The summed E-state index contributed by atoms with van der Waals surface area (Å²) in [6.45, 7) is 1.91. The van der Waals surface area contributed by atoms with Crippen molar-refractivity contribution in [2.45, 2.75) is 12.8 Å². The number of hydrogen-bond acceptors (Lipinski definition) is 6. The molecular weight excluding hydrogens is 484 g/mol. The Kier molecular flexibility index (Phi) is 8.84. The Morgan fingerprint density at radius 3 is 2.22 bits per heavy atom. The molecule has 188 valence electrons. The van der Waals surface area contributed by atoms with E-state index in [1.165, 1.54) is 12.4 Å². The predicted molar refractivity (Wildman–Crippen MR) is 152 cm³/mol. The number of anilines is 1. The van der Waals surface area contributed by atoms with Crippen molar-refractivity contribution in [1.29, 1.82) is 10.8 Å². The predicted octanol–water partition coefficient (Wildman–Crippen LogP) is 5.67. The van der Waals surface area contributed by atoms with E-state index in [2.05, 4.69) is 22.5 Å². The van der Waals surface area contributed by atoms with Crippen molar-refractivity contribution in [3.63, 3.8) is 0 Å². The molecular formula is C29H29ClN6O. The van der Waals surface area contributed by atoms with Gasteiger partial charge in [0.25, 0.3) is 5.91 Å². The van der Waals surface area contributed by atoms with Crippen LogP contribution in [-0.4, -0.2) is 48.8 Å². The van der Waals surface area contributed by atoms with Crippen LogP contribution in [-0.2, 0) is 0 Å². The van der Waals surface area contributed by atoms with Gasteiger partial charge in [0, 0.05) is 34.9 Å². The zero-order chi connectivity index (χ0) is 26.0. The quantitative estimate of drug-likeness (QED) is 0.289. The lowest BCUT2D eigenvalue weighted by molar-refractivity contribution is 0.0881. The maximum atomic E-state index is 12.9. The number of amidine groups is 1. The molecule has 7 nitrogen and oxygen atoms in total. The highest BCUT2D eigenvalue weighted by Crippen LogP contribution is 2.22. The summed E-state index contributed by atoms with van der Waals surface area (Å²) >= 11 is 5.97. The van der Waals surface area contributed by atoms with Crippen molar-refractivity contribution < 1.29 is 4.79 Å². The van der Waals surface area contributed by atoms with E-state index >= 15 is 0 Å². The number of nitrogens with zero attached hydrogens (tertiary/aromatic N) is 3. The summed E-state index contributed by atoms with van der Waals surface area (Å²) < 4.78 is 0. The van der Waals surface area contributed by atoms with Crippen molar-refractivity contribution in [1.82, 2.24) is 10.4 Å². The molecule has 0 radical (unpaired) electrons. The van der Waals surface area contributed by atoms with Crippen LogP contribution in [0.4, 0.5) is 5.69 Å². The average molecular weight is 513 g/mol. The number of hydrogen-bond donors (Lipinski definition) is 3. The van der Waals surface area contributed by atoms with E-state index in [1.807, 2.05) is 48.5 Å². The Bertz CT molecular complexity index is 1270. The van der Waals surface area contributed by atoms with Crippen LogP contribution in [0.15, 0.2) is 89.6 Å². The van der Waals surface area contributed by atoms with E-state index in [4.69, 9.17) is 27.4 Å². The molecule has 0 fully saturated rings. The Balaban J connectivity index is 1.54. The summed E-state index contributed by atoms with van der Waals surface area (Å²) in [5.41, 5.74) is 7.29. The van der Waals surface area contributed by atoms with Crippen molar-refractivity contribution in [3.8, 4) is 0 Å². The zero-order valence-corrected chi connectivity index (χ0v) is 21.2. The number of nitrogens with one attached hydrogen (secondary N) is 3. The molecule has 37 heavy (non-hydrogen) atoms. The van der Waals surface area contributed by atoms with E-state index in [0.717, 1.165) is 35.6 Å². The molecule has 0 saturated carbocycles. The number of carbonyl (C=O) groups is 1. The van der Waals surface area contributed by atoms with Crippen LogP contribution in [0.2, 0.25) is 5.02 Å². The van der Waals surface area contributed by atoms with Gasteiger partial charge in [0.05, 0.1) is 12.2 Å². The standard InChI is InChI=1S/C29H29ClN6O/c30-25-12-10-24(11-13-25)29(37)34-36-21-26(33-28(36)23-6-2-1-3-7-23)20-22-8-14-27(15-9-22)35(18-4-16-31)19-5-17-32/h1-3,6-17,20,31-32H,4-5,18-19,21H2,(H,34,37)/b26-20+,31-16?,32-17?. The lowest BCUT2D eigenvalue weighted by Crippen LogP contribution is -2.44. The van der Waals surface area contributed by atoms with E-state index in [-0.39, 0.29) is 5.91 Å². The number of carbonyl (C=O) groups excluding carboxylic acids is 1. The molecule has 0 aromatic heterocycles. The molecule has 0 bridgehead atoms. The second kappa shape index (κ2) is 12.6. The molecule has 1 aliphatic heterocycles.